The molecular weight excluding hydrogens is 246 g/mol. The van der Waals surface area contributed by atoms with Crippen LogP contribution in [0, 0.1) is 27.7 Å². The summed E-state index contributed by atoms with van der Waals surface area (Å²) in [6.07, 6.45) is 0. The average Bonchev–Trinajstić information content (AvgIpc) is 2.42. The van der Waals surface area contributed by atoms with Crippen molar-refractivity contribution in [2.24, 2.45) is 0 Å². The van der Waals surface area contributed by atoms with E-state index in [0.29, 0.717) is 6.61 Å². The second kappa shape index (κ2) is 6.47. The number of anilines is 1. The molecule has 1 N–H and O–H groups in total. The van der Waals surface area contributed by atoms with Crippen LogP contribution in [0.1, 0.15) is 22.3 Å². The molecule has 0 unspecified atom stereocenters. The SMILES string of the molecule is Cc1ccc(NCCOc2cc(C)cc(C)c2C)cc1. The van der Waals surface area contributed by atoms with Crippen LogP contribution in [0.15, 0.2) is 36.4 Å². The van der Waals surface area contributed by atoms with E-state index < -0.39 is 0 Å². The first-order valence-corrected chi connectivity index (χ1v) is 7.07. The summed E-state index contributed by atoms with van der Waals surface area (Å²) in [7, 11) is 0. The first-order valence-electron chi connectivity index (χ1n) is 7.07. The zero-order valence-corrected chi connectivity index (χ0v) is 12.8. The van der Waals surface area contributed by atoms with Crippen molar-refractivity contribution in [2.75, 3.05) is 18.5 Å². The molecule has 2 rings (SSSR count). The van der Waals surface area contributed by atoms with Gasteiger partial charge in [0.2, 0.25) is 0 Å². The number of nitrogens with one attached hydrogen (secondary N) is 1. The molecule has 0 saturated heterocycles. The molecule has 0 bridgehead atoms. The summed E-state index contributed by atoms with van der Waals surface area (Å²) in [4.78, 5) is 0. The standard InChI is InChI=1S/C18H23NO/c1-13-5-7-17(8-6-13)19-9-10-20-18-12-14(2)11-15(3)16(18)4/h5-8,11-12,19H,9-10H2,1-4H3. The molecule has 2 nitrogen and oxygen atoms in total. The Morgan fingerprint density at radius 2 is 1.60 bits per heavy atom. The van der Waals surface area contributed by atoms with Crippen molar-refractivity contribution in [3.8, 4) is 5.75 Å². The van der Waals surface area contributed by atoms with E-state index in [1.54, 1.807) is 0 Å². The van der Waals surface area contributed by atoms with Gasteiger partial charge in [0, 0.05) is 12.2 Å². The highest BCUT2D eigenvalue weighted by molar-refractivity contribution is 5.44. The highest BCUT2D eigenvalue weighted by Crippen LogP contribution is 2.23. The Labute approximate surface area is 121 Å². The smallest absolute Gasteiger partial charge is 0.122 e. The molecule has 0 amide bonds. The van der Waals surface area contributed by atoms with Gasteiger partial charge in [-0.1, -0.05) is 23.8 Å². The molecule has 0 saturated carbocycles. The maximum absolute atomic E-state index is 5.88. The Hall–Kier alpha value is -1.96. The Morgan fingerprint density at radius 1 is 0.900 bits per heavy atom. The van der Waals surface area contributed by atoms with Crippen molar-refractivity contribution in [3.63, 3.8) is 0 Å². The Balaban J connectivity index is 1.86. The van der Waals surface area contributed by atoms with E-state index in [0.717, 1.165) is 18.0 Å². The third-order valence-electron chi connectivity index (χ3n) is 3.50. The zero-order chi connectivity index (χ0) is 14.5. The highest BCUT2D eigenvalue weighted by Gasteiger charge is 2.03. The number of aryl methyl sites for hydroxylation is 3. The van der Waals surface area contributed by atoms with Crippen molar-refractivity contribution in [3.05, 3.63) is 58.7 Å². The van der Waals surface area contributed by atoms with Crippen LogP contribution in [0.25, 0.3) is 0 Å². The summed E-state index contributed by atoms with van der Waals surface area (Å²) in [6.45, 7) is 9.89. The van der Waals surface area contributed by atoms with Gasteiger partial charge in [-0.15, -0.1) is 0 Å². The molecule has 0 heterocycles. The Bertz CT molecular complexity index is 573. The summed E-state index contributed by atoms with van der Waals surface area (Å²) in [5.41, 5.74) is 6.17. The normalized spacial score (nSPS) is 10.4. The second-order valence-corrected chi connectivity index (χ2v) is 5.35. The first kappa shape index (κ1) is 14.4. The van der Waals surface area contributed by atoms with Crippen LogP contribution in [-0.4, -0.2) is 13.2 Å². The van der Waals surface area contributed by atoms with Gasteiger partial charge in [-0.25, -0.2) is 0 Å². The van der Waals surface area contributed by atoms with Crippen LogP contribution >= 0.6 is 0 Å². The van der Waals surface area contributed by atoms with Gasteiger partial charge in [-0.3, -0.25) is 0 Å². The van der Waals surface area contributed by atoms with Crippen LogP contribution in [0.2, 0.25) is 0 Å². The molecular formula is C18H23NO. The first-order chi connectivity index (χ1) is 9.56. The number of benzene rings is 2. The van der Waals surface area contributed by atoms with Crippen molar-refractivity contribution >= 4 is 5.69 Å². The molecule has 20 heavy (non-hydrogen) atoms. The average molecular weight is 269 g/mol. The lowest BCUT2D eigenvalue weighted by atomic mass is 10.1. The van der Waals surface area contributed by atoms with Gasteiger partial charge in [0.25, 0.3) is 0 Å². The number of ether oxygens (including phenoxy) is 1. The maximum atomic E-state index is 5.88. The van der Waals surface area contributed by atoms with E-state index in [4.69, 9.17) is 4.74 Å². The summed E-state index contributed by atoms with van der Waals surface area (Å²) in [6, 6.07) is 12.7. The predicted octanol–water partition coefficient (Wildman–Crippen LogP) is 4.41. The molecule has 106 valence electrons. The Kier molecular flexibility index (Phi) is 4.67. The lowest BCUT2D eigenvalue weighted by molar-refractivity contribution is 0.330. The van der Waals surface area contributed by atoms with Crippen LogP contribution in [0.5, 0.6) is 5.75 Å². The van der Waals surface area contributed by atoms with E-state index in [1.807, 2.05) is 0 Å². The van der Waals surface area contributed by atoms with E-state index in [1.165, 1.54) is 22.3 Å². The monoisotopic (exact) mass is 269 g/mol. The van der Waals surface area contributed by atoms with Gasteiger partial charge in [0.15, 0.2) is 0 Å². The molecule has 0 aromatic heterocycles. The summed E-state index contributed by atoms with van der Waals surface area (Å²) < 4.78 is 5.88. The third-order valence-corrected chi connectivity index (χ3v) is 3.50. The predicted molar refractivity (Wildman–Crippen MR) is 85.8 cm³/mol. The minimum absolute atomic E-state index is 0.664. The molecule has 0 radical (unpaired) electrons. The van der Waals surface area contributed by atoms with Crippen molar-refractivity contribution in [1.82, 2.24) is 0 Å². The Morgan fingerprint density at radius 3 is 2.30 bits per heavy atom. The molecule has 2 aromatic rings. The van der Waals surface area contributed by atoms with Crippen LogP contribution < -0.4 is 10.1 Å². The molecule has 2 aromatic carbocycles. The van der Waals surface area contributed by atoms with E-state index >= 15 is 0 Å². The lowest BCUT2D eigenvalue weighted by Gasteiger charge is -2.13. The van der Waals surface area contributed by atoms with Crippen molar-refractivity contribution in [1.29, 1.82) is 0 Å². The fourth-order valence-electron chi connectivity index (χ4n) is 2.18. The lowest BCUT2D eigenvalue weighted by Crippen LogP contribution is -2.12. The summed E-state index contributed by atoms with van der Waals surface area (Å²) in [5, 5.41) is 3.37. The van der Waals surface area contributed by atoms with Crippen molar-refractivity contribution < 1.29 is 4.74 Å². The molecule has 0 fully saturated rings. The van der Waals surface area contributed by atoms with Gasteiger partial charge in [-0.2, -0.15) is 0 Å². The van der Waals surface area contributed by atoms with Gasteiger partial charge >= 0.3 is 0 Å². The molecule has 0 aliphatic heterocycles. The number of hydrogen-bond acceptors (Lipinski definition) is 2. The fraction of sp³-hybridized carbons (Fsp3) is 0.333. The molecule has 0 spiro atoms. The van der Waals surface area contributed by atoms with Gasteiger partial charge in [-0.05, 0) is 62.6 Å². The van der Waals surface area contributed by atoms with Crippen molar-refractivity contribution in [2.45, 2.75) is 27.7 Å². The fourth-order valence-corrected chi connectivity index (χ4v) is 2.18. The highest BCUT2D eigenvalue weighted by atomic mass is 16.5. The van der Waals surface area contributed by atoms with Gasteiger partial charge < -0.3 is 10.1 Å². The minimum Gasteiger partial charge on any atom is -0.491 e. The van der Waals surface area contributed by atoms with E-state index in [2.05, 4.69) is 69.4 Å². The quantitative estimate of drug-likeness (QED) is 0.812. The topological polar surface area (TPSA) is 21.3 Å². The number of hydrogen-bond donors (Lipinski definition) is 1. The van der Waals surface area contributed by atoms with E-state index in [9.17, 15) is 0 Å². The second-order valence-electron chi connectivity index (χ2n) is 5.35. The van der Waals surface area contributed by atoms with Gasteiger partial charge in [0.05, 0.1) is 0 Å². The minimum atomic E-state index is 0.664. The van der Waals surface area contributed by atoms with E-state index in [-0.39, 0.29) is 0 Å². The summed E-state index contributed by atoms with van der Waals surface area (Å²) >= 11 is 0. The number of rotatable bonds is 5. The summed E-state index contributed by atoms with van der Waals surface area (Å²) in [5.74, 6) is 0.994. The largest absolute Gasteiger partial charge is 0.491 e. The van der Waals surface area contributed by atoms with Gasteiger partial charge in [0.1, 0.15) is 12.4 Å². The van der Waals surface area contributed by atoms with Crippen LogP contribution in [-0.2, 0) is 0 Å². The van der Waals surface area contributed by atoms with Crippen LogP contribution in [0.3, 0.4) is 0 Å². The zero-order valence-electron chi connectivity index (χ0n) is 12.8. The third kappa shape index (κ3) is 3.77. The maximum Gasteiger partial charge on any atom is 0.122 e. The molecule has 0 aliphatic rings. The molecule has 0 aliphatic carbocycles. The van der Waals surface area contributed by atoms with Crippen LogP contribution in [0.4, 0.5) is 5.69 Å². The molecule has 0 atom stereocenters. The molecule has 2 heteroatoms.